The van der Waals surface area contributed by atoms with Gasteiger partial charge in [0.25, 0.3) is 0 Å². The summed E-state index contributed by atoms with van der Waals surface area (Å²) in [6.07, 6.45) is 1.31. The number of hydrogen-bond donors (Lipinski definition) is 2. The second-order valence-corrected chi connectivity index (χ2v) is 11.1. The van der Waals surface area contributed by atoms with Crippen molar-refractivity contribution in [1.29, 1.82) is 0 Å². The zero-order chi connectivity index (χ0) is 27.1. The van der Waals surface area contributed by atoms with Gasteiger partial charge in [-0.2, -0.15) is 48.8 Å². The fourth-order valence-corrected chi connectivity index (χ4v) is 5.00. The van der Waals surface area contributed by atoms with Crippen LogP contribution in [0, 0.1) is 0 Å². The molecule has 0 aliphatic heterocycles. The third-order valence-electron chi connectivity index (χ3n) is 5.00. The van der Waals surface area contributed by atoms with Gasteiger partial charge >= 0.3 is 17.1 Å². The fraction of sp³-hybridized carbons (Fsp3) is 0.870. The molecule has 0 aliphatic carbocycles. The Morgan fingerprint density at radius 2 is 0.946 bits per heavy atom. The first-order valence-corrected chi connectivity index (χ1v) is 16.3. The minimum absolute atomic E-state index is 0.228. The maximum absolute atomic E-state index is 12.9. The van der Waals surface area contributed by atoms with E-state index in [0.717, 1.165) is 27.6 Å². The first-order chi connectivity index (χ1) is 18.1. The molecule has 216 valence electrons. The van der Waals surface area contributed by atoms with Crippen LogP contribution in [-0.4, -0.2) is 101 Å². The third kappa shape index (κ3) is 15.1. The highest BCUT2D eigenvalue weighted by Gasteiger charge is 2.14. The van der Waals surface area contributed by atoms with Gasteiger partial charge in [-0.15, -0.1) is 0 Å². The molecule has 0 atom stereocenters. The molecule has 0 unspecified atom stereocenters. The van der Waals surface area contributed by atoms with Crippen molar-refractivity contribution >= 4 is 48.8 Å². The van der Waals surface area contributed by atoms with E-state index in [4.69, 9.17) is 18.9 Å². The van der Waals surface area contributed by atoms with E-state index in [0.29, 0.717) is 77.2 Å². The van der Waals surface area contributed by atoms with E-state index in [1.54, 1.807) is 30.4 Å². The Labute approximate surface area is 239 Å². The van der Waals surface area contributed by atoms with E-state index >= 15 is 0 Å². The van der Waals surface area contributed by atoms with Crippen molar-refractivity contribution in [3.63, 3.8) is 0 Å². The van der Waals surface area contributed by atoms with Crippen LogP contribution in [0.5, 0.6) is 0 Å². The molecule has 0 aromatic carbocycles. The number of nitrogens with zero attached hydrogens (tertiary/aromatic N) is 3. The summed E-state index contributed by atoms with van der Waals surface area (Å²) < 4.78 is 25.1. The van der Waals surface area contributed by atoms with Gasteiger partial charge in [-0.25, -0.2) is 28.1 Å². The van der Waals surface area contributed by atoms with E-state index in [1.165, 1.54) is 9.13 Å². The van der Waals surface area contributed by atoms with Gasteiger partial charge in [-0.1, -0.05) is 0 Å². The Kier molecular flexibility index (Phi) is 22.1. The molecule has 1 aromatic rings. The minimum Gasteiger partial charge on any atom is -0.378 e. The second-order valence-electron chi connectivity index (χ2n) is 7.72. The highest BCUT2D eigenvalue weighted by molar-refractivity contribution is 7.99. The Hall–Kier alpha value is -0.350. The lowest BCUT2D eigenvalue weighted by molar-refractivity contribution is 0.0606. The molecule has 0 N–H and O–H groups in total. The zero-order valence-electron chi connectivity index (χ0n) is 21.8. The molecular formula is C23H43N3O7S4. The standard InChI is InChI=1S/C23H43N3O7S4/c1-2-24-21(27)25(5-3-17-36-19-13-32-9-7-30-11-15-34)23(29)26(22(24)28)6-4-18-37-20-14-33-10-8-31-12-16-35/h34-35H,2-20H2,1H3. The van der Waals surface area contributed by atoms with Crippen molar-refractivity contribution in [2.45, 2.75) is 39.4 Å². The largest absolute Gasteiger partial charge is 0.378 e. The highest BCUT2D eigenvalue weighted by Crippen LogP contribution is 2.04. The van der Waals surface area contributed by atoms with Gasteiger partial charge in [0.15, 0.2) is 0 Å². The Balaban J connectivity index is 2.40. The summed E-state index contributed by atoms with van der Waals surface area (Å²) in [6, 6.07) is 0. The van der Waals surface area contributed by atoms with E-state index in [9.17, 15) is 14.4 Å². The molecule has 1 aromatic heterocycles. The number of hydrogen-bond acceptors (Lipinski definition) is 11. The van der Waals surface area contributed by atoms with Gasteiger partial charge in [0.2, 0.25) is 0 Å². The number of thiol groups is 2. The predicted molar refractivity (Wildman–Crippen MR) is 160 cm³/mol. The van der Waals surface area contributed by atoms with Crippen molar-refractivity contribution in [3.8, 4) is 0 Å². The van der Waals surface area contributed by atoms with Crippen LogP contribution in [-0.2, 0) is 38.6 Å². The Morgan fingerprint density at radius 3 is 1.32 bits per heavy atom. The third-order valence-corrected chi connectivity index (χ3v) is 7.43. The summed E-state index contributed by atoms with van der Waals surface area (Å²) >= 11 is 11.6. The van der Waals surface area contributed by atoms with Crippen molar-refractivity contribution < 1.29 is 18.9 Å². The Bertz CT molecular complexity index is 815. The first kappa shape index (κ1) is 34.7. The van der Waals surface area contributed by atoms with Crippen LogP contribution in [0.2, 0.25) is 0 Å². The average molecular weight is 602 g/mol. The van der Waals surface area contributed by atoms with E-state index in [1.807, 2.05) is 0 Å². The van der Waals surface area contributed by atoms with Crippen LogP contribution in [0.25, 0.3) is 0 Å². The van der Waals surface area contributed by atoms with Gasteiger partial charge in [0.1, 0.15) is 0 Å². The molecule has 0 saturated heterocycles. The molecular weight excluding hydrogens is 559 g/mol. The van der Waals surface area contributed by atoms with Gasteiger partial charge in [0.05, 0.1) is 52.9 Å². The van der Waals surface area contributed by atoms with E-state index < -0.39 is 17.1 Å². The molecule has 1 heterocycles. The second kappa shape index (κ2) is 23.5. The summed E-state index contributed by atoms with van der Waals surface area (Å²) in [5.74, 6) is 4.62. The lowest BCUT2D eigenvalue weighted by atomic mass is 10.4. The molecule has 1 rings (SSSR count). The number of rotatable bonds is 25. The lowest BCUT2D eigenvalue weighted by Crippen LogP contribution is -2.54. The molecule has 0 fully saturated rings. The van der Waals surface area contributed by atoms with Crippen molar-refractivity contribution in [1.82, 2.24) is 13.7 Å². The maximum atomic E-state index is 12.9. The van der Waals surface area contributed by atoms with Gasteiger partial charge in [0, 0.05) is 42.6 Å². The van der Waals surface area contributed by atoms with Crippen molar-refractivity contribution in [3.05, 3.63) is 31.5 Å². The number of ether oxygens (including phenoxy) is 4. The Morgan fingerprint density at radius 1 is 0.568 bits per heavy atom. The molecule has 10 nitrogen and oxygen atoms in total. The number of thioether (sulfide) groups is 2. The maximum Gasteiger partial charge on any atom is 0.336 e. The van der Waals surface area contributed by atoms with Crippen molar-refractivity contribution in [2.75, 3.05) is 87.4 Å². The van der Waals surface area contributed by atoms with E-state index in [2.05, 4.69) is 25.3 Å². The first-order valence-electron chi connectivity index (χ1n) is 12.7. The van der Waals surface area contributed by atoms with Crippen LogP contribution in [0.15, 0.2) is 14.4 Å². The smallest absolute Gasteiger partial charge is 0.336 e. The van der Waals surface area contributed by atoms with Gasteiger partial charge in [-0.05, 0) is 31.3 Å². The molecule has 0 amide bonds. The quantitative estimate of drug-likeness (QED) is 0.127. The summed E-state index contributed by atoms with van der Waals surface area (Å²) in [7, 11) is 0. The summed E-state index contributed by atoms with van der Waals surface area (Å²) in [4.78, 5) is 38.3. The van der Waals surface area contributed by atoms with Crippen LogP contribution in [0.3, 0.4) is 0 Å². The van der Waals surface area contributed by atoms with Gasteiger partial charge in [-0.3, -0.25) is 0 Å². The predicted octanol–water partition coefficient (Wildman–Crippen LogP) is 1.36. The summed E-state index contributed by atoms with van der Waals surface area (Å²) in [5, 5.41) is 0. The number of aromatic nitrogens is 3. The van der Waals surface area contributed by atoms with E-state index in [-0.39, 0.29) is 19.6 Å². The lowest BCUT2D eigenvalue weighted by Gasteiger charge is -2.13. The van der Waals surface area contributed by atoms with Gasteiger partial charge < -0.3 is 18.9 Å². The van der Waals surface area contributed by atoms with Crippen molar-refractivity contribution in [2.24, 2.45) is 0 Å². The molecule has 0 radical (unpaired) electrons. The molecule has 0 saturated carbocycles. The summed E-state index contributed by atoms with van der Waals surface area (Å²) in [6.45, 7) is 7.26. The molecule has 0 bridgehead atoms. The molecule has 0 aliphatic rings. The normalized spacial score (nSPS) is 11.4. The zero-order valence-corrected chi connectivity index (χ0v) is 25.3. The highest BCUT2D eigenvalue weighted by atomic mass is 32.2. The summed E-state index contributed by atoms with van der Waals surface area (Å²) in [5.41, 5.74) is -1.59. The van der Waals surface area contributed by atoms with Crippen LogP contribution >= 0.6 is 48.8 Å². The average Bonchev–Trinajstić information content (AvgIpc) is 2.89. The molecule has 14 heteroatoms. The molecule has 37 heavy (non-hydrogen) atoms. The van der Waals surface area contributed by atoms with Crippen LogP contribution < -0.4 is 17.1 Å². The SMILES string of the molecule is CCn1c(=O)n(CCCSCCOCCOCCS)c(=O)n(CCCSCCOCCOCCS)c1=O. The monoisotopic (exact) mass is 601 g/mol. The fourth-order valence-electron chi connectivity index (χ4n) is 3.20. The molecule has 0 spiro atoms. The topological polar surface area (TPSA) is 103 Å². The van der Waals surface area contributed by atoms with Crippen LogP contribution in [0.1, 0.15) is 19.8 Å². The van der Waals surface area contributed by atoms with Crippen LogP contribution in [0.4, 0.5) is 0 Å². The minimum atomic E-state index is -0.534.